The van der Waals surface area contributed by atoms with Crippen LogP contribution in [0.4, 0.5) is 0 Å². The summed E-state index contributed by atoms with van der Waals surface area (Å²) in [5.74, 6) is -0.234. The number of phenolic OH excluding ortho intramolecular Hbond substituents is 1. The molecule has 28 heavy (non-hydrogen) atoms. The van der Waals surface area contributed by atoms with Crippen molar-refractivity contribution >= 4 is 11.9 Å². The molecule has 1 aliphatic rings. The van der Waals surface area contributed by atoms with Gasteiger partial charge in [-0.05, 0) is 48.4 Å². The van der Waals surface area contributed by atoms with Gasteiger partial charge in [-0.1, -0.05) is 24.8 Å². The molecule has 0 aliphatic heterocycles. The Morgan fingerprint density at radius 1 is 1.14 bits per heavy atom. The molecule has 0 saturated carbocycles. The van der Waals surface area contributed by atoms with Crippen LogP contribution in [-0.2, 0) is 14.9 Å². The number of aromatic hydroxyl groups is 1. The molecule has 0 bridgehead atoms. The SMILES string of the molecule is C/N=C(/CCC(=O)O)OCCCC(C)(C1=C=C=C(O)C=C1)c1ccc(O)cc1. The van der Waals surface area contributed by atoms with Crippen LogP contribution in [0.1, 0.15) is 38.2 Å². The van der Waals surface area contributed by atoms with Crippen molar-refractivity contribution < 1.29 is 24.9 Å². The molecule has 3 N–H and O–H groups in total. The molecule has 0 amide bonds. The third kappa shape index (κ3) is 5.65. The van der Waals surface area contributed by atoms with Gasteiger partial charge in [0.1, 0.15) is 5.75 Å². The summed E-state index contributed by atoms with van der Waals surface area (Å²) in [5, 5.41) is 27.9. The fourth-order valence-electron chi connectivity index (χ4n) is 3.04. The number of carboxylic acid groups (broad SMARTS) is 1. The van der Waals surface area contributed by atoms with E-state index in [2.05, 4.69) is 23.4 Å². The minimum Gasteiger partial charge on any atom is -0.508 e. The minimum absolute atomic E-state index is 0.0177. The number of phenols is 1. The maximum absolute atomic E-state index is 10.7. The van der Waals surface area contributed by atoms with Crippen LogP contribution in [0.15, 0.2) is 64.2 Å². The molecular weight excluding hydrogens is 358 g/mol. The monoisotopic (exact) mass is 383 g/mol. The van der Waals surface area contributed by atoms with E-state index in [4.69, 9.17) is 9.84 Å². The number of carboxylic acids is 1. The van der Waals surface area contributed by atoms with Crippen LogP contribution in [0.3, 0.4) is 0 Å². The molecule has 0 radical (unpaired) electrons. The molecular formula is C22H25NO5. The van der Waals surface area contributed by atoms with Crippen LogP contribution in [0.5, 0.6) is 5.75 Å². The van der Waals surface area contributed by atoms with Crippen LogP contribution in [0, 0.1) is 0 Å². The molecule has 0 heterocycles. The highest BCUT2D eigenvalue weighted by Gasteiger charge is 2.30. The van der Waals surface area contributed by atoms with Crippen LogP contribution >= 0.6 is 0 Å². The molecule has 0 spiro atoms. The van der Waals surface area contributed by atoms with E-state index >= 15 is 0 Å². The van der Waals surface area contributed by atoms with Gasteiger partial charge < -0.3 is 20.1 Å². The van der Waals surface area contributed by atoms with E-state index in [0.29, 0.717) is 25.3 Å². The summed E-state index contributed by atoms with van der Waals surface area (Å²) in [5.41, 5.74) is 7.16. The largest absolute Gasteiger partial charge is 0.508 e. The maximum atomic E-state index is 10.7. The lowest BCUT2D eigenvalue weighted by Gasteiger charge is -2.31. The number of nitrogens with zero attached hydrogens (tertiary/aromatic N) is 1. The summed E-state index contributed by atoms with van der Waals surface area (Å²) in [6, 6.07) is 7.01. The number of aliphatic hydroxyl groups excluding tert-OH is 1. The first-order valence-corrected chi connectivity index (χ1v) is 9.08. The highest BCUT2D eigenvalue weighted by atomic mass is 16.5. The molecule has 0 aromatic heterocycles. The summed E-state index contributed by atoms with van der Waals surface area (Å²) in [7, 11) is 1.58. The normalized spacial score (nSPS) is 15.6. The van der Waals surface area contributed by atoms with E-state index in [1.54, 1.807) is 25.3 Å². The summed E-state index contributed by atoms with van der Waals surface area (Å²) in [6.07, 6.45) is 5.04. The number of hydrogen-bond acceptors (Lipinski definition) is 5. The van der Waals surface area contributed by atoms with Crippen molar-refractivity contribution in [1.29, 1.82) is 0 Å². The maximum Gasteiger partial charge on any atom is 0.303 e. The Morgan fingerprint density at radius 3 is 2.43 bits per heavy atom. The third-order valence-electron chi connectivity index (χ3n) is 4.72. The van der Waals surface area contributed by atoms with Gasteiger partial charge in [0.05, 0.1) is 13.0 Å². The van der Waals surface area contributed by atoms with Crippen molar-refractivity contribution in [2.24, 2.45) is 4.99 Å². The van der Waals surface area contributed by atoms with Crippen molar-refractivity contribution in [3.63, 3.8) is 0 Å². The Bertz CT molecular complexity index is 869. The van der Waals surface area contributed by atoms with Crippen molar-refractivity contribution in [3.8, 4) is 5.75 Å². The zero-order valence-electron chi connectivity index (χ0n) is 16.1. The second-order valence-electron chi connectivity index (χ2n) is 6.72. The van der Waals surface area contributed by atoms with E-state index in [0.717, 1.165) is 11.1 Å². The van der Waals surface area contributed by atoms with Gasteiger partial charge in [0, 0.05) is 24.5 Å². The topological polar surface area (TPSA) is 99.4 Å². The number of aliphatic hydroxyl groups is 1. The lowest BCUT2D eigenvalue weighted by molar-refractivity contribution is -0.136. The summed E-state index contributed by atoms with van der Waals surface area (Å²) in [4.78, 5) is 14.7. The lowest BCUT2D eigenvalue weighted by Crippen LogP contribution is -2.25. The first-order chi connectivity index (χ1) is 13.3. The van der Waals surface area contributed by atoms with Gasteiger partial charge >= 0.3 is 5.97 Å². The van der Waals surface area contributed by atoms with E-state index in [1.165, 1.54) is 0 Å². The second-order valence-corrected chi connectivity index (χ2v) is 6.72. The minimum atomic E-state index is -0.885. The van der Waals surface area contributed by atoms with Gasteiger partial charge in [-0.2, -0.15) is 0 Å². The van der Waals surface area contributed by atoms with Gasteiger partial charge in [0.25, 0.3) is 0 Å². The Labute approximate surface area is 164 Å². The molecule has 1 aliphatic carbocycles. The average Bonchev–Trinajstić information content (AvgIpc) is 2.68. The number of carbonyl (C=O) groups is 1. The highest BCUT2D eigenvalue weighted by Crippen LogP contribution is 2.38. The predicted octanol–water partition coefficient (Wildman–Crippen LogP) is 4.03. The van der Waals surface area contributed by atoms with E-state index in [1.807, 2.05) is 18.2 Å². The summed E-state index contributed by atoms with van der Waals surface area (Å²) >= 11 is 0. The van der Waals surface area contributed by atoms with Gasteiger partial charge in [0.15, 0.2) is 11.7 Å². The molecule has 148 valence electrons. The first kappa shape index (κ1) is 21.1. The van der Waals surface area contributed by atoms with Crippen molar-refractivity contribution in [2.75, 3.05) is 13.7 Å². The lowest BCUT2D eigenvalue weighted by atomic mass is 9.72. The van der Waals surface area contributed by atoms with E-state index < -0.39 is 11.4 Å². The van der Waals surface area contributed by atoms with Crippen LogP contribution < -0.4 is 0 Å². The number of aliphatic carboxylic acids is 1. The molecule has 0 saturated heterocycles. The zero-order valence-corrected chi connectivity index (χ0v) is 16.1. The Kier molecular flexibility index (Phi) is 7.28. The zero-order chi connectivity index (χ0) is 20.6. The molecule has 1 unspecified atom stereocenters. The number of rotatable bonds is 9. The smallest absolute Gasteiger partial charge is 0.303 e. The number of allylic oxidation sites excluding steroid dienone is 3. The van der Waals surface area contributed by atoms with Crippen molar-refractivity contribution in [2.45, 2.75) is 38.0 Å². The van der Waals surface area contributed by atoms with Gasteiger partial charge in [-0.3, -0.25) is 9.79 Å². The average molecular weight is 383 g/mol. The standard InChI is InChI=1S/C22H25NO5/c1-22(16-4-8-18(24)9-5-16,17-6-10-19(25)11-7-17)14-3-15-28-20(23-2)12-13-21(26)27/h4-6,8-10,24-25H,3,12-15H2,1-2H3,(H,26,27)/b23-20-. The molecule has 0 fully saturated rings. The van der Waals surface area contributed by atoms with Gasteiger partial charge in [-0.15, -0.1) is 0 Å². The van der Waals surface area contributed by atoms with Crippen molar-refractivity contribution in [3.05, 3.63) is 64.8 Å². The van der Waals surface area contributed by atoms with Gasteiger partial charge in [0.2, 0.25) is 0 Å². The second kappa shape index (κ2) is 9.65. The number of aliphatic imine (C=N–C) groups is 1. The summed E-state index contributed by atoms with van der Waals surface area (Å²) < 4.78 is 5.64. The summed E-state index contributed by atoms with van der Waals surface area (Å²) in [6.45, 7) is 2.47. The van der Waals surface area contributed by atoms with Crippen LogP contribution in [0.25, 0.3) is 0 Å². The predicted molar refractivity (Wildman–Crippen MR) is 107 cm³/mol. The fourth-order valence-corrected chi connectivity index (χ4v) is 3.04. The molecule has 1 aromatic carbocycles. The van der Waals surface area contributed by atoms with Crippen LogP contribution in [0.2, 0.25) is 0 Å². The highest BCUT2D eigenvalue weighted by molar-refractivity contribution is 5.80. The molecule has 2 rings (SSSR count). The van der Waals surface area contributed by atoms with E-state index in [-0.39, 0.29) is 24.4 Å². The van der Waals surface area contributed by atoms with E-state index in [9.17, 15) is 15.0 Å². The number of ether oxygens (including phenoxy) is 1. The molecule has 1 aromatic rings. The Morgan fingerprint density at radius 2 is 1.86 bits per heavy atom. The first-order valence-electron chi connectivity index (χ1n) is 9.08. The molecule has 6 heteroatoms. The Hall–Kier alpha value is -3.20. The molecule has 1 atom stereocenters. The van der Waals surface area contributed by atoms with Crippen LogP contribution in [-0.4, -0.2) is 40.8 Å². The van der Waals surface area contributed by atoms with Crippen molar-refractivity contribution in [1.82, 2.24) is 0 Å². The third-order valence-corrected chi connectivity index (χ3v) is 4.72. The Balaban J connectivity index is 2.11. The fraction of sp³-hybridized carbons (Fsp3) is 0.364. The quantitative estimate of drug-likeness (QED) is 0.259. The van der Waals surface area contributed by atoms with Gasteiger partial charge in [-0.25, -0.2) is 0 Å². The molecule has 6 nitrogen and oxygen atoms in total. The number of benzene rings is 1. The number of hydrogen-bond donors (Lipinski definition) is 3.